The number of benzene rings is 1. The molecule has 0 heterocycles. The van der Waals surface area contributed by atoms with Gasteiger partial charge >= 0.3 is 5.97 Å². The first kappa shape index (κ1) is 10.5. The monoisotopic (exact) mass is 197 g/mol. The summed E-state index contributed by atoms with van der Waals surface area (Å²) in [4.78, 5) is 10.2. The minimum Gasteiger partial charge on any atom is -0.481 e. The molecule has 0 aliphatic rings. The van der Waals surface area contributed by atoms with E-state index >= 15 is 0 Å². The summed E-state index contributed by atoms with van der Waals surface area (Å²) in [6.07, 6.45) is 0.0234. The van der Waals surface area contributed by atoms with Crippen LogP contribution < -0.4 is 5.32 Å². The highest BCUT2D eigenvalue weighted by Gasteiger charge is 1.99. The van der Waals surface area contributed by atoms with E-state index in [9.17, 15) is 9.18 Å². The average molecular weight is 197 g/mol. The van der Waals surface area contributed by atoms with E-state index in [1.807, 2.05) is 0 Å². The van der Waals surface area contributed by atoms with Gasteiger partial charge in [-0.15, -0.1) is 0 Å². The van der Waals surface area contributed by atoms with Crippen molar-refractivity contribution >= 4 is 11.7 Å². The third-order valence-electron chi connectivity index (χ3n) is 1.71. The molecule has 1 rings (SSSR count). The van der Waals surface area contributed by atoms with Gasteiger partial charge in [-0.3, -0.25) is 4.79 Å². The van der Waals surface area contributed by atoms with Crippen molar-refractivity contribution in [2.24, 2.45) is 0 Å². The lowest BCUT2D eigenvalue weighted by molar-refractivity contribution is -0.136. The van der Waals surface area contributed by atoms with Gasteiger partial charge in [-0.25, -0.2) is 4.39 Å². The fourth-order valence-electron chi connectivity index (χ4n) is 1.15. The van der Waals surface area contributed by atoms with Crippen molar-refractivity contribution in [1.82, 2.24) is 0 Å². The Morgan fingerprint density at radius 1 is 1.50 bits per heavy atom. The number of halogens is 1. The van der Waals surface area contributed by atoms with E-state index in [1.165, 1.54) is 12.1 Å². The zero-order valence-corrected chi connectivity index (χ0v) is 7.88. The molecule has 2 N–H and O–H groups in total. The normalized spacial score (nSPS) is 9.86. The average Bonchev–Trinajstić information content (AvgIpc) is 2.01. The molecule has 0 atom stereocenters. The molecule has 0 aliphatic heterocycles. The zero-order valence-electron chi connectivity index (χ0n) is 7.88. The van der Waals surface area contributed by atoms with Crippen LogP contribution in [0, 0.1) is 12.7 Å². The standard InChI is InChI=1S/C10H12FNO2/c1-7-4-8(11)6-9(5-7)12-3-2-10(13)14/h4-6,12H,2-3H2,1H3,(H,13,14). The van der Waals surface area contributed by atoms with E-state index in [0.717, 1.165) is 5.56 Å². The molecule has 3 nitrogen and oxygen atoms in total. The molecule has 0 fully saturated rings. The van der Waals surface area contributed by atoms with Crippen LogP contribution in [0.25, 0.3) is 0 Å². The summed E-state index contributed by atoms with van der Waals surface area (Å²) in [6, 6.07) is 4.53. The number of aliphatic carboxylic acids is 1. The number of hydrogen-bond acceptors (Lipinski definition) is 2. The molecule has 0 unspecified atom stereocenters. The van der Waals surface area contributed by atoms with Gasteiger partial charge in [-0.2, -0.15) is 0 Å². The maximum absolute atomic E-state index is 12.9. The van der Waals surface area contributed by atoms with E-state index < -0.39 is 5.97 Å². The van der Waals surface area contributed by atoms with Gasteiger partial charge in [-0.1, -0.05) is 0 Å². The molecule has 0 bridgehead atoms. The first-order chi connectivity index (χ1) is 6.58. The highest BCUT2D eigenvalue weighted by atomic mass is 19.1. The van der Waals surface area contributed by atoms with Gasteiger partial charge in [-0.05, 0) is 30.7 Å². The molecule has 4 heteroatoms. The van der Waals surface area contributed by atoms with Crippen molar-refractivity contribution in [2.45, 2.75) is 13.3 Å². The molecule has 0 aliphatic carbocycles. The van der Waals surface area contributed by atoms with Crippen LogP contribution in [0.3, 0.4) is 0 Å². The Morgan fingerprint density at radius 2 is 2.21 bits per heavy atom. The van der Waals surface area contributed by atoms with E-state index in [-0.39, 0.29) is 12.2 Å². The Balaban J connectivity index is 2.54. The molecule has 14 heavy (non-hydrogen) atoms. The maximum atomic E-state index is 12.9. The van der Waals surface area contributed by atoms with Crippen LogP contribution in [-0.4, -0.2) is 17.6 Å². The Morgan fingerprint density at radius 3 is 2.79 bits per heavy atom. The lowest BCUT2D eigenvalue weighted by atomic mass is 10.2. The van der Waals surface area contributed by atoms with Crippen molar-refractivity contribution in [3.05, 3.63) is 29.6 Å². The molecule has 76 valence electrons. The highest BCUT2D eigenvalue weighted by Crippen LogP contribution is 2.12. The Bertz CT molecular complexity index is 319. The largest absolute Gasteiger partial charge is 0.481 e. The maximum Gasteiger partial charge on any atom is 0.305 e. The first-order valence-corrected chi connectivity index (χ1v) is 4.31. The van der Waals surface area contributed by atoms with Gasteiger partial charge in [0.25, 0.3) is 0 Å². The van der Waals surface area contributed by atoms with E-state index in [4.69, 9.17) is 5.11 Å². The minimum atomic E-state index is -0.870. The smallest absolute Gasteiger partial charge is 0.305 e. The fourth-order valence-corrected chi connectivity index (χ4v) is 1.15. The summed E-state index contributed by atoms with van der Waals surface area (Å²) in [6.45, 7) is 2.09. The van der Waals surface area contributed by atoms with E-state index in [0.29, 0.717) is 12.2 Å². The van der Waals surface area contributed by atoms with Gasteiger partial charge in [0, 0.05) is 12.2 Å². The van der Waals surface area contributed by atoms with E-state index in [1.54, 1.807) is 13.0 Å². The second-order valence-electron chi connectivity index (χ2n) is 3.09. The van der Waals surface area contributed by atoms with Gasteiger partial charge in [0.05, 0.1) is 6.42 Å². The van der Waals surface area contributed by atoms with Gasteiger partial charge in [0.2, 0.25) is 0 Å². The predicted molar refractivity (Wildman–Crippen MR) is 51.9 cm³/mol. The van der Waals surface area contributed by atoms with Crippen LogP contribution in [-0.2, 0) is 4.79 Å². The van der Waals surface area contributed by atoms with Crippen LogP contribution in [0.5, 0.6) is 0 Å². The molecule has 0 saturated carbocycles. The van der Waals surface area contributed by atoms with E-state index in [2.05, 4.69) is 5.32 Å². The number of carboxylic acid groups (broad SMARTS) is 1. The summed E-state index contributed by atoms with van der Waals surface area (Å²) in [5.74, 6) is -1.19. The molecule has 0 saturated heterocycles. The molecule has 0 radical (unpaired) electrons. The van der Waals surface area contributed by atoms with Crippen molar-refractivity contribution in [3.8, 4) is 0 Å². The van der Waals surface area contributed by atoms with Crippen molar-refractivity contribution in [3.63, 3.8) is 0 Å². The van der Waals surface area contributed by atoms with Crippen molar-refractivity contribution < 1.29 is 14.3 Å². The number of rotatable bonds is 4. The van der Waals surface area contributed by atoms with Crippen molar-refractivity contribution in [2.75, 3.05) is 11.9 Å². The lowest BCUT2D eigenvalue weighted by Crippen LogP contribution is -2.07. The molecule has 0 aromatic heterocycles. The molecule has 1 aromatic rings. The number of aryl methyl sites for hydroxylation is 1. The Hall–Kier alpha value is -1.58. The number of hydrogen-bond donors (Lipinski definition) is 2. The van der Waals surface area contributed by atoms with Gasteiger partial charge in [0.15, 0.2) is 0 Å². The number of carboxylic acids is 1. The minimum absolute atomic E-state index is 0.0234. The lowest BCUT2D eigenvalue weighted by Gasteiger charge is -2.05. The van der Waals surface area contributed by atoms with Crippen LogP contribution in [0.1, 0.15) is 12.0 Å². The third-order valence-corrected chi connectivity index (χ3v) is 1.71. The Labute approximate surface area is 81.6 Å². The molecule has 0 amide bonds. The predicted octanol–water partition coefficient (Wildman–Crippen LogP) is 2.02. The third kappa shape index (κ3) is 3.43. The molecular formula is C10H12FNO2. The van der Waals surface area contributed by atoms with Crippen molar-refractivity contribution in [1.29, 1.82) is 0 Å². The SMILES string of the molecule is Cc1cc(F)cc(NCCC(=O)O)c1. The first-order valence-electron chi connectivity index (χ1n) is 4.31. The Kier molecular flexibility index (Phi) is 3.45. The van der Waals surface area contributed by atoms with Gasteiger partial charge < -0.3 is 10.4 Å². The van der Waals surface area contributed by atoms with Crippen LogP contribution >= 0.6 is 0 Å². The summed E-state index contributed by atoms with van der Waals surface area (Å²) < 4.78 is 12.9. The number of nitrogens with one attached hydrogen (secondary N) is 1. The topological polar surface area (TPSA) is 49.3 Å². The molecular weight excluding hydrogens is 185 g/mol. The summed E-state index contributed by atoms with van der Waals surface area (Å²) in [5.41, 5.74) is 1.42. The summed E-state index contributed by atoms with van der Waals surface area (Å²) in [5, 5.41) is 11.2. The highest BCUT2D eigenvalue weighted by molar-refractivity contribution is 5.67. The summed E-state index contributed by atoms with van der Waals surface area (Å²) >= 11 is 0. The van der Waals surface area contributed by atoms with Crippen LogP contribution in [0.15, 0.2) is 18.2 Å². The second kappa shape index (κ2) is 4.60. The second-order valence-corrected chi connectivity index (χ2v) is 3.09. The van der Waals surface area contributed by atoms with Gasteiger partial charge in [0.1, 0.15) is 5.82 Å². The quantitative estimate of drug-likeness (QED) is 0.776. The molecule has 0 spiro atoms. The fraction of sp³-hybridized carbons (Fsp3) is 0.300. The van der Waals surface area contributed by atoms with Crippen LogP contribution in [0.2, 0.25) is 0 Å². The van der Waals surface area contributed by atoms with Crippen LogP contribution in [0.4, 0.5) is 10.1 Å². The number of anilines is 1. The molecule has 1 aromatic carbocycles. The summed E-state index contributed by atoms with van der Waals surface area (Å²) in [7, 11) is 0. The number of carbonyl (C=O) groups is 1. The zero-order chi connectivity index (χ0) is 10.6.